The maximum absolute atomic E-state index is 4.18. The molecule has 0 saturated carbocycles. The average Bonchev–Trinajstić information content (AvgIpc) is 2.12. The first-order chi connectivity index (χ1) is 6.48. The van der Waals surface area contributed by atoms with Crippen LogP contribution < -0.4 is 0 Å². The van der Waals surface area contributed by atoms with Gasteiger partial charge in [0.25, 0.3) is 0 Å². The molecule has 1 saturated heterocycles. The van der Waals surface area contributed by atoms with Crippen molar-refractivity contribution in [2.75, 3.05) is 14.1 Å². The van der Waals surface area contributed by atoms with Crippen LogP contribution in [0.15, 0.2) is 12.4 Å². The summed E-state index contributed by atoms with van der Waals surface area (Å²) in [7, 11) is 4.27. The lowest BCUT2D eigenvalue weighted by molar-refractivity contribution is -0.116. The molecule has 2 nitrogen and oxygen atoms in total. The van der Waals surface area contributed by atoms with Crippen molar-refractivity contribution in [3.8, 4) is 0 Å². The molecule has 0 aromatic carbocycles. The smallest absolute Gasteiger partial charge is 0.0969 e. The molecule has 88 valence electrons. The average molecular weight is 210 g/mol. The molecule has 0 amide bonds. The van der Waals surface area contributed by atoms with Gasteiger partial charge in [0.15, 0.2) is 0 Å². The number of nitrogens with zero attached hydrogens (tertiary/aromatic N) is 2. The highest BCUT2D eigenvalue weighted by Gasteiger charge is 2.56. The molecule has 0 aromatic heterocycles. The van der Waals surface area contributed by atoms with E-state index in [9.17, 15) is 0 Å². The molecular weight excluding hydrogens is 184 g/mol. The van der Waals surface area contributed by atoms with Crippen LogP contribution in [-0.4, -0.2) is 35.0 Å². The molecule has 2 heteroatoms. The third-order valence-corrected chi connectivity index (χ3v) is 5.51. The standard InChI is InChI=1S/C13H26N2/c1-10-14(8)12(4,5)11(2,3)13(6,7)15(10)9/h1H2,2-9H3. The van der Waals surface area contributed by atoms with Gasteiger partial charge in [-0.05, 0) is 27.7 Å². The zero-order valence-corrected chi connectivity index (χ0v) is 11.6. The summed E-state index contributed by atoms with van der Waals surface area (Å²) in [4.78, 5) is 4.58. The minimum Gasteiger partial charge on any atom is -0.356 e. The normalized spacial score (nSPS) is 28.1. The van der Waals surface area contributed by atoms with Gasteiger partial charge in [0.2, 0.25) is 0 Å². The molecule has 0 aromatic rings. The van der Waals surface area contributed by atoms with Crippen molar-refractivity contribution in [1.29, 1.82) is 0 Å². The topological polar surface area (TPSA) is 6.48 Å². The van der Waals surface area contributed by atoms with Gasteiger partial charge in [-0.1, -0.05) is 20.4 Å². The molecule has 0 unspecified atom stereocenters. The van der Waals surface area contributed by atoms with E-state index in [4.69, 9.17) is 0 Å². The highest BCUT2D eigenvalue weighted by molar-refractivity contribution is 5.18. The summed E-state index contributed by atoms with van der Waals surface area (Å²) in [6, 6.07) is 0. The van der Waals surface area contributed by atoms with E-state index in [0.29, 0.717) is 0 Å². The van der Waals surface area contributed by atoms with Crippen molar-refractivity contribution >= 4 is 0 Å². The van der Waals surface area contributed by atoms with Crippen LogP contribution in [0.1, 0.15) is 41.5 Å². The third-order valence-electron chi connectivity index (χ3n) is 5.51. The third kappa shape index (κ3) is 1.23. The summed E-state index contributed by atoms with van der Waals surface area (Å²) >= 11 is 0. The van der Waals surface area contributed by atoms with Gasteiger partial charge < -0.3 is 9.80 Å². The second-order valence-electron chi connectivity index (χ2n) is 6.28. The lowest BCUT2D eigenvalue weighted by Crippen LogP contribution is -2.71. The predicted octanol–water partition coefficient (Wildman–Crippen LogP) is 2.92. The van der Waals surface area contributed by atoms with Crippen molar-refractivity contribution in [1.82, 2.24) is 9.80 Å². The zero-order valence-electron chi connectivity index (χ0n) is 11.6. The SMILES string of the molecule is C=C1N(C)C(C)(C)C(C)(C)C(C)(C)N1C. The van der Waals surface area contributed by atoms with E-state index in [-0.39, 0.29) is 16.5 Å². The van der Waals surface area contributed by atoms with Crippen LogP contribution in [-0.2, 0) is 0 Å². The van der Waals surface area contributed by atoms with Crippen LogP contribution in [0.3, 0.4) is 0 Å². The van der Waals surface area contributed by atoms with E-state index in [1.807, 2.05) is 0 Å². The van der Waals surface area contributed by atoms with E-state index in [2.05, 4.69) is 72.0 Å². The molecule has 1 aliphatic heterocycles. The first-order valence-electron chi connectivity index (χ1n) is 5.64. The molecule has 0 radical (unpaired) electrons. The van der Waals surface area contributed by atoms with Gasteiger partial charge in [-0.3, -0.25) is 0 Å². The largest absolute Gasteiger partial charge is 0.356 e. The van der Waals surface area contributed by atoms with Gasteiger partial charge >= 0.3 is 0 Å². The minimum atomic E-state index is 0.111. The Morgan fingerprint density at radius 3 is 1.33 bits per heavy atom. The van der Waals surface area contributed by atoms with Crippen LogP contribution in [0.25, 0.3) is 0 Å². The van der Waals surface area contributed by atoms with Gasteiger partial charge in [-0.15, -0.1) is 0 Å². The van der Waals surface area contributed by atoms with Crippen LogP contribution in [0, 0.1) is 5.41 Å². The molecule has 0 bridgehead atoms. The Labute approximate surface area is 94.9 Å². The van der Waals surface area contributed by atoms with Crippen LogP contribution in [0.2, 0.25) is 0 Å². The summed E-state index contributed by atoms with van der Waals surface area (Å²) in [5, 5.41) is 0. The predicted molar refractivity (Wildman–Crippen MR) is 66.6 cm³/mol. The van der Waals surface area contributed by atoms with Crippen LogP contribution in [0.4, 0.5) is 0 Å². The second kappa shape index (κ2) is 2.93. The molecule has 15 heavy (non-hydrogen) atoms. The Kier molecular flexibility index (Phi) is 2.42. The maximum atomic E-state index is 4.18. The quantitative estimate of drug-likeness (QED) is 0.606. The van der Waals surface area contributed by atoms with Crippen LogP contribution >= 0.6 is 0 Å². The van der Waals surface area contributed by atoms with Crippen molar-refractivity contribution in [2.45, 2.75) is 52.6 Å². The van der Waals surface area contributed by atoms with Gasteiger partial charge in [0, 0.05) is 30.6 Å². The Morgan fingerprint density at radius 1 is 0.800 bits per heavy atom. The highest BCUT2D eigenvalue weighted by Crippen LogP contribution is 2.51. The molecule has 0 N–H and O–H groups in total. The Balaban J connectivity index is 3.33. The summed E-state index contributed by atoms with van der Waals surface area (Å²) in [5.74, 6) is 1.10. The first-order valence-corrected chi connectivity index (χ1v) is 5.64. The molecule has 1 fully saturated rings. The Morgan fingerprint density at radius 2 is 1.07 bits per heavy atom. The molecule has 0 aliphatic carbocycles. The summed E-state index contributed by atoms with van der Waals surface area (Å²) in [6.45, 7) is 18.1. The van der Waals surface area contributed by atoms with Crippen molar-refractivity contribution in [2.24, 2.45) is 5.41 Å². The number of rotatable bonds is 0. The lowest BCUT2D eigenvalue weighted by Gasteiger charge is -2.65. The Bertz CT molecular complexity index is 261. The first kappa shape index (κ1) is 12.4. The van der Waals surface area contributed by atoms with Gasteiger partial charge in [0.05, 0.1) is 5.82 Å². The van der Waals surface area contributed by atoms with E-state index in [1.165, 1.54) is 0 Å². The van der Waals surface area contributed by atoms with Gasteiger partial charge in [-0.2, -0.15) is 0 Å². The lowest BCUT2D eigenvalue weighted by atomic mass is 9.60. The highest BCUT2D eigenvalue weighted by atomic mass is 15.4. The monoisotopic (exact) mass is 210 g/mol. The van der Waals surface area contributed by atoms with Crippen molar-refractivity contribution in [3.05, 3.63) is 12.4 Å². The molecule has 0 atom stereocenters. The fraction of sp³-hybridized carbons (Fsp3) is 0.846. The molecule has 1 heterocycles. The second-order valence-corrected chi connectivity index (χ2v) is 6.28. The van der Waals surface area contributed by atoms with E-state index < -0.39 is 0 Å². The number of hydrogen-bond donors (Lipinski definition) is 0. The zero-order chi connectivity index (χ0) is 12.2. The van der Waals surface area contributed by atoms with E-state index in [1.54, 1.807) is 0 Å². The molecule has 1 rings (SSSR count). The summed E-state index contributed by atoms with van der Waals surface area (Å²) in [6.07, 6.45) is 0. The minimum absolute atomic E-state index is 0.111. The Hall–Kier alpha value is -0.660. The summed E-state index contributed by atoms with van der Waals surface area (Å²) < 4.78 is 0. The number of hydrogen-bond acceptors (Lipinski definition) is 2. The van der Waals surface area contributed by atoms with Crippen molar-refractivity contribution < 1.29 is 0 Å². The van der Waals surface area contributed by atoms with Gasteiger partial charge in [0.1, 0.15) is 0 Å². The molecule has 0 spiro atoms. The molecule has 1 aliphatic rings. The van der Waals surface area contributed by atoms with Gasteiger partial charge in [-0.25, -0.2) is 0 Å². The van der Waals surface area contributed by atoms with E-state index in [0.717, 1.165) is 5.82 Å². The van der Waals surface area contributed by atoms with Crippen LogP contribution in [0.5, 0.6) is 0 Å². The molecular formula is C13H26N2. The maximum Gasteiger partial charge on any atom is 0.0969 e. The van der Waals surface area contributed by atoms with E-state index >= 15 is 0 Å². The van der Waals surface area contributed by atoms with Crippen molar-refractivity contribution in [3.63, 3.8) is 0 Å². The fourth-order valence-corrected chi connectivity index (χ4v) is 2.46. The summed E-state index contributed by atoms with van der Waals surface area (Å²) in [5.41, 5.74) is 0.408. The fourth-order valence-electron chi connectivity index (χ4n) is 2.46.